The molecule has 3 rings (SSSR count). The molecule has 2 heterocycles. The Bertz CT molecular complexity index is 405. The SMILES string of the molecule is CC1OCCC1N(C)c1ncc(CNC2CC2)s1. The van der Waals surface area contributed by atoms with Crippen LogP contribution in [0, 0.1) is 0 Å². The number of ether oxygens (including phenoxy) is 1. The molecule has 1 N–H and O–H groups in total. The minimum atomic E-state index is 0.312. The second-order valence-corrected chi connectivity index (χ2v) is 6.40. The lowest BCUT2D eigenvalue weighted by Gasteiger charge is -2.25. The van der Waals surface area contributed by atoms with Crippen LogP contribution < -0.4 is 10.2 Å². The number of aromatic nitrogens is 1. The zero-order chi connectivity index (χ0) is 12.5. The quantitative estimate of drug-likeness (QED) is 0.885. The van der Waals surface area contributed by atoms with Gasteiger partial charge in [-0.2, -0.15) is 0 Å². The van der Waals surface area contributed by atoms with Crippen molar-refractivity contribution in [3.8, 4) is 0 Å². The summed E-state index contributed by atoms with van der Waals surface area (Å²) in [7, 11) is 2.13. The molecule has 100 valence electrons. The lowest BCUT2D eigenvalue weighted by molar-refractivity contribution is 0.118. The molecule has 0 spiro atoms. The summed E-state index contributed by atoms with van der Waals surface area (Å²) in [6, 6.07) is 1.23. The molecule has 1 aliphatic carbocycles. The fourth-order valence-corrected chi connectivity index (χ4v) is 3.33. The highest BCUT2D eigenvalue weighted by Crippen LogP contribution is 2.28. The highest BCUT2D eigenvalue weighted by molar-refractivity contribution is 7.15. The van der Waals surface area contributed by atoms with Crippen molar-refractivity contribution in [2.24, 2.45) is 0 Å². The third-order valence-corrected chi connectivity index (χ3v) is 4.91. The van der Waals surface area contributed by atoms with Crippen LogP contribution >= 0.6 is 11.3 Å². The first kappa shape index (κ1) is 12.4. The summed E-state index contributed by atoms with van der Waals surface area (Å²) in [5, 5.41) is 4.65. The van der Waals surface area contributed by atoms with E-state index in [2.05, 4.69) is 29.2 Å². The van der Waals surface area contributed by atoms with E-state index >= 15 is 0 Å². The predicted octanol–water partition coefficient (Wildman–Crippen LogP) is 2.01. The molecule has 18 heavy (non-hydrogen) atoms. The van der Waals surface area contributed by atoms with Crippen LogP contribution in [0.1, 0.15) is 31.1 Å². The molecule has 0 bridgehead atoms. The van der Waals surface area contributed by atoms with Crippen molar-refractivity contribution in [2.45, 2.75) is 50.9 Å². The zero-order valence-electron chi connectivity index (χ0n) is 11.1. The summed E-state index contributed by atoms with van der Waals surface area (Å²) in [5.41, 5.74) is 0. The Balaban J connectivity index is 1.60. The third-order valence-electron chi connectivity index (χ3n) is 3.82. The highest BCUT2D eigenvalue weighted by Gasteiger charge is 2.29. The van der Waals surface area contributed by atoms with Crippen LogP contribution in [0.3, 0.4) is 0 Å². The van der Waals surface area contributed by atoms with E-state index in [0.717, 1.165) is 30.7 Å². The van der Waals surface area contributed by atoms with E-state index in [1.54, 1.807) is 11.3 Å². The molecule has 1 saturated heterocycles. The molecule has 0 amide bonds. The standard InChI is InChI=1S/C13H21N3OS/c1-9-12(5-6-17-9)16(2)13-15-8-11(18-13)7-14-10-3-4-10/h8-10,12,14H,3-7H2,1-2H3. The minimum Gasteiger partial charge on any atom is -0.376 e. The molecule has 2 unspecified atom stereocenters. The van der Waals surface area contributed by atoms with Gasteiger partial charge in [-0.05, 0) is 26.2 Å². The second-order valence-electron chi connectivity index (χ2n) is 5.31. The van der Waals surface area contributed by atoms with E-state index in [1.807, 2.05) is 6.20 Å². The van der Waals surface area contributed by atoms with E-state index in [4.69, 9.17) is 4.74 Å². The van der Waals surface area contributed by atoms with Gasteiger partial charge in [0.1, 0.15) is 0 Å². The Morgan fingerprint density at radius 3 is 3.00 bits per heavy atom. The van der Waals surface area contributed by atoms with Gasteiger partial charge in [0.15, 0.2) is 5.13 Å². The molecular weight excluding hydrogens is 246 g/mol. The summed E-state index contributed by atoms with van der Waals surface area (Å²) in [6.45, 7) is 3.99. The van der Waals surface area contributed by atoms with Crippen LogP contribution in [-0.2, 0) is 11.3 Å². The van der Waals surface area contributed by atoms with Gasteiger partial charge in [0.05, 0.1) is 12.1 Å². The van der Waals surface area contributed by atoms with Crippen LogP contribution in [-0.4, -0.2) is 36.8 Å². The Hall–Kier alpha value is -0.650. The monoisotopic (exact) mass is 267 g/mol. The van der Waals surface area contributed by atoms with Gasteiger partial charge >= 0.3 is 0 Å². The van der Waals surface area contributed by atoms with Gasteiger partial charge < -0.3 is 15.0 Å². The first-order valence-electron chi connectivity index (χ1n) is 6.76. The van der Waals surface area contributed by atoms with Crippen molar-refractivity contribution < 1.29 is 4.74 Å². The lowest BCUT2D eigenvalue weighted by Crippen LogP contribution is -2.36. The third kappa shape index (κ3) is 2.68. The van der Waals surface area contributed by atoms with Crippen LogP contribution in [0.4, 0.5) is 5.13 Å². The second kappa shape index (κ2) is 5.15. The number of likely N-dealkylation sites (N-methyl/N-ethyl adjacent to an activating group) is 1. The van der Waals surface area contributed by atoms with E-state index in [-0.39, 0.29) is 0 Å². The minimum absolute atomic E-state index is 0.312. The van der Waals surface area contributed by atoms with Gasteiger partial charge in [0.25, 0.3) is 0 Å². The van der Waals surface area contributed by atoms with Crippen LogP contribution in [0.2, 0.25) is 0 Å². The molecule has 5 heteroatoms. The number of hydrogen-bond acceptors (Lipinski definition) is 5. The summed E-state index contributed by atoms with van der Waals surface area (Å²) in [5.74, 6) is 0. The molecule has 2 aliphatic rings. The number of thiazole rings is 1. The summed E-state index contributed by atoms with van der Waals surface area (Å²) >= 11 is 1.80. The molecule has 4 nitrogen and oxygen atoms in total. The maximum Gasteiger partial charge on any atom is 0.185 e. The topological polar surface area (TPSA) is 37.4 Å². The molecule has 1 saturated carbocycles. The van der Waals surface area contributed by atoms with E-state index in [1.165, 1.54) is 17.7 Å². The van der Waals surface area contributed by atoms with Crippen molar-refractivity contribution in [1.82, 2.24) is 10.3 Å². The maximum absolute atomic E-state index is 5.62. The van der Waals surface area contributed by atoms with Crippen LogP contribution in [0.5, 0.6) is 0 Å². The molecule has 2 fully saturated rings. The van der Waals surface area contributed by atoms with Crippen LogP contribution in [0.25, 0.3) is 0 Å². The van der Waals surface area contributed by atoms with Crippen molar-refractivity contribution in [3.63, 3.8) is 0 Å². The van der Waals surface area contributed by atoms with E-state index in [9.17, 15) is 0 Å². The fraction of sp³-hybridized carbons (Fsp3) is 0.769. The Labute approximate surface area is 112 Å². The van der Waals surface area contributed by atoms with Gasteiger partial charge in [-0.25, -0.2) is 4.98 Å². The molecule has 1 aliphatic heterocycles. The Morgan fingerprint density at radius 2 is 2.33 bits per heavy atom. The average Bonchev–Trinajstić information content (AvgIpc) is 2.90. The number of nitrogens with one attached hydrogen (secondary N) is 1. The number of hydrogen-bond donors (Lipinski definition) is 1. The summed E-state index contributed by atoms with van der Waals surface area (Å²) in [4.78, 5) is 8.15. The number of nitrogens with zero attached hydrogens (tertiary/aromatic N) is 2. The van der Waals surface area contributed by atoms with Crippen molar-refractivity contribution in [1.29, 1.82) is 0 Å². The molecular formula is C13H21N3OS. The molecule has 1 aromatic rings. The predicted molar refractivity (Wildman–Crippen MR) is 74.2 cm³/mol. The van der Waals surface area contributed by atoms with Crippen molar-refractivity contribution in [2.75, 3.05) is 18.6 Å². The average molecular weight is 267 g/mol. The molecule has 0 aromatic carbocycles. The first-order chi connectivity index (χ1) is 8.74. The first-order valence-corrected chi connectivity index (χ1v) is 7.58. The summed E-state index contributed by atoms with van der Waals surface area (Å²) < 4.78 is 5.62. The van der Waals surface area contributed by atoms with Crippen molar-refractivity contribution >= 4 is 16.5 Å². The lowest BCUT2D eigenvalue weighted by atomic mass is 10.1. The Morgan fingerprint density at radius 1 is 1.50 bits per heavy atom. The zero-order valence-corrected chi connectivity index (χ0v) is 11.9. The molecule has 1 aromatic heterocycles. The van der Waals surface area contributed by atoms with Crippen LogP contribution in [0.15, 0.2) is 6.20 Å². The van der Waals surface area contributed by atoms with Gasteiger partial charge in [-0.1, -0.05) is 0 Å². The number of anilines is 1. The van der Waals surface area contributed by atoms with Gasteiger partial charge in [0, 0.05) is 37.3 Å². The van der Waals surface area contributed by atoms with Crippen molar-refractivity contribution in [3.05, 3.63) is 11.1 Å². The maximum atomic E-state index is 5.62. The largest absolute Gasteiger partial charge is 0.376 e. The van der Waals surface area contributed by atoms with Gasteiger partial charge in [0.2, 0.25) is 0 Å². The number of rotatable bonds is 5. The van der Waals surface area contributed by atoms with E-state index in [0.29, 0.717) is 12.1 Å². The summed E-state index contributed by atoms with van der Waals surface area (Å²) in [6.07, 6.45) is 6.09. The fourth-order valence-electron chi connectivity index (χ4n) is 2.45. The molecule has 2 atom stereocenters. The smallest absolute Gasteiger partial charge is 0.185 e. The van der Waals surface area contributed by atoms with Gasteiger partial charge in [-0.3, -0.25) is 0 Å². The highest BCUT2D eigenvalue weighted by atomic mass is 32.1. The Kier molecular flexibility index (Phi) is 3.54. The van der Waals surface area contributed by atoms with Gasteiger partial charge in [-0.15, -0.1) is 11.3 Å². The normalized spacial score (nSPS) is 27.7. The molecule has 0 radical (unpaired) electrons. The van der Waals surface area contributed by atoms with E-state index < -0.39 is 0 Å².